The topological polar surface area (TPSA) is 46.2 Å². The smallest absolute Gasteiger partial charge is 0.147 e. The summed E-state index contributed by atoms with van der Waals surface area (Å²) < 4.78 is 21.7. The van der Waals surface area contributed by atoms with Crippen molar-refractivity contribution in [1.82, 2.24) is 5.32 Å². The summed E-state index contributed by atoms with van der Waals surface area (Å²) in [5.41, 5.74) is 0. The molecule has 1 unspecified atom stereocenters. The third-order valence-electron chi connectivity index (χ3n) is 2.47. The highest BCUT2D eigenvalue weighted by Gasteiger charge is 2.04. The Hall–Kier alpha value is -0.0900. The molecule has 0 aliphatic heterocycles. The zero-order chi connectivity index (χ0) is 11.0. The van der Waals surface area contributed by atoms with Gasteiger partial charge >= 0.3 is 0 Å². The van der Waals surface area contributed by atoms with E-state index in [9.17, 15) is 8.42 Å². The van der Waals surface area contributed by atoms with Crippen LogP contribution in [0.4, 0.5) is 0 Å². The Morgan fingerprint density at radius 2 is 1.86 bits per heavy atom. The van der Waals surface area contributed by atoms with Crippen LogP contribution in [0.15, 0.2) is 0 Å². The number of hydrogen-bond acceptors (Lipinski definition) is 3. The van der Waals surface area contributed by atoms with Crippen LogP contribution in [0.25, 0.3) is 0 Å². The van der Waals surface area contributed by atoms with Crippen molar-refractivity contribution in [3.8, 4) is 0 Å². The van der Waals surface area contributed by atoms with Gasteiger partial charge in [-0.25, -0.2) is 8.42 Å². The summed E-state index contributed by atoms with van der Waals surface area (Å²) in [6.45, 7) is 2.16. The summed E-state index contributed by atoms with van der Waals surface area (Å²) in [6.07, 6.45) is 6.54. The molecule has 0 aromatic carbocycles. The van der Waals surface area contributed by atoms with Crippen molar-refractivity contribution in [2.45, 2.75) is 45.1 Å². The van der Waals surface area contributed by atoms with Gasteiger partial charge in [-0.1, -0.05) is 19.8 Å². The fourth-order valence-electron chi connectivity index (χ4n) is 1.48. The minimum Gasteiger partial charge on any atom is -0.317 e. The number of hydrogen-bond donors (Lipinski definition) is 1. The van der Waals surface area contributed by atoms with Gasteiger partial charge in [0.15, 0.2) is 0 Å². The molecule has 0 saturated carbocycles. The number of nitrogens with one attached hydrogen (secondary N) is 1. The highest BCUT2D eigenvalue weighted by Crippen LogP contribution is 2.06. The van der Waals surface area contributed by atoms with Crippen LogP contribution in [-0.4, -0.2) is 33.5 Å². The first-order valence-corrected chi connectivity index (χ1v) is 7.40. The summed E-state index contributed by atoms with van der Waals surface area (Å²) >= 11 is 0. The van der Waals surface area contributed by atoms with E-state index in [1.165, 1.54) is 6.26 Å². The lowest BCUT2D eigenvalue weighted by atomic mass is 10.1. The largest absolute Gasteiger partial charge is 0.317 e. The van der Waals surface area contributed by atoms with Gasteiger partial charge in [-0.05, 0) is 26.3 Å². The van der Waals surface area contributed by atoms with Crippen molar-refractivity contribution in [1.29, 1.82) is 0 Å². The van der Waals surface area contributed by atoms with E-state index >= 15 is 0 Å². The van der Waals surface area contributed by atoms with Gasteiger partial charge in [-0.2, -0.15) is 0 Å². The summed E-state index contributed by atoms with van der Waals surface area (Å²) in [4.78, 5) is 0. The normalized spacial score (nSPS) is 14.2. The van der Waals surface area contributed by atoms with E-state index in [-0.39, 0.29) is 0 Å². The number of rotatable bonds is 8. The molecule has 4 heteroatoms. The van der Waals surface area contributed by atoms with Crippen molar-refractivity contribution in [3.63, 3.8) is 0 Å². The quantitative estimate of drug-likeness (QED) is 0.633. The third kappa shape index (κ3) is 8.51. The SMILES string of the molecule is CCC(CCCCCS(C)(=O)=O)NC. The molecule has 0 aliphatic carbocycles. The van der Waals surface area contributed by atoms with Gasteiger partial charge in [-0.3, -0.25) is 0 Å². The second kappa shape index (κ2) is 7.23. The van der Waals surface area contributed by atoms with Crippen LogP contribution >= 0.6 is 0 Å². The molecule has 0 aromatic rings. The molecule has 86 valence electrons. The second-order valence-corrected chi connectivity index (χ2v) is 6.13. The first-order valence-electron chi connectivity index (χ1n) is 5.34. The Kier molecular flexibility index (Phi) is 7.19. The molecule has 0 rings (SSSR count). The van der Waals surface area contributed by atoms with E-state index in [1.807, 2.05) is 7.05 Å². The molecular weight excluding hydrogens is 198 g/mol. The minimum atomic E-state index is -2.75. The van der Waals surface area contributed by atoms with E-state index in [0.29, 0.717) is 11.8 Å². The molecule has 0 aliphatic rings. The average molecular weight is 221 g/mol. The fourth-order valence-corrected chi connectivity index (χ4v) is 2.21. The molecule has 0 bridgehead atoms. The van der Waals surface area contributed by atoms with E-state index in [0.717, 1.165) is 32.1 Å². The number of unbranched alkanes of at least 4 members (excludes halogenated alkanes) is 2. The zero-order valence-electron chi connectivity index (χ0n) is 9.54. The minimum absolute atomic E-state index is 0.337. The predicted molar refractivity (Wildman–Crippen MR) is 61.3 cm³/mol. The molecule has 0 saturated heterocycles. The van der Waals surface area contributed by atoms with Crippen LogP contribution in [-0.2, 0) is 9.84 Å². The van der Waals surface area contributed by atoms with E-state index in [4.69, 9.17) is 0 Å². The average Bonchev–Trinajstić information content (AvgIpc) is 2.09. The van der Waals surface area contributed by atoms with Crippen LogP contribution in [0.2, 0.25) is 0 Å². The molecule has 0 amide bonds. The van der Waals surface area contributed by atoms with Crippen molar-refractivity contribution in [2.24, 2.45) is 0 Å². The zero-order valence-corrected chi connectivity index (χ0v) is 10.4. The van der Waals surface area contributed by atoms with Crippen LogP contribution in [0.3, 0.4) is 0 Å². The maximum atomic E-state index is 10.8. The molecule has 0 aromatic heterocycles. The first kappa shape index (κ1) is 13.9. The van der Waals surface area contributed by atoms with Gasteiger partial charge in [0, 0.05) is 18.1 Å². The van der Waals surface area contributed by atoms with Crippen LogP contribution in [0.1, 0.15) is 39.0 Å². The van der Waals surface area contributed by atoms with Gasteiger partial charge in [-0.15, -0.1) is 0 Å². The molecule has 0 fully saturated rings. The highest BCUT2D eigenvalue weighted by molar-refractivity contribution is 7.90. The molecule has 0 spiro atoms. The van der Waals surface area contributed by atoms with Crippen molar-refractivity contribution < 1.29 is 8.42 Å². The number of sulfone groups is 1. The molecule has 1 N–H and O–H groups in total. The summed E-state index contributed by atoms with van der Waals surface area (Å²) in [6, 6.07) is 0.591. The second-order valence-electron chi connectivity index (χ2n) is 3.87. The lowest BCUT2D eigenvalue weighted by Crippen LogP contribution is -2.23. The van der Waals surface area contributed by atoms with E-state index < -0.39 is 9.84 Å². The van der Waals surface area contributed by atoms with E-state index in [2.05, 4.69) is 12.2 Å². The molecule has 0 heterocycles. The highest BCUT2D eigenvalue weighted by atomic mass is 32.2. The van der Waals surface area contributed by atoms with Gasteiger partial charge < -0.3 is 5.32 Å². The Balaban J connectivity index is 3.38. The summed E-state index contributed by atoms with van der Waals surface area (Å²) in [7, 11) is -0.775. The van der Waals surface area contributed by atoms with Crippen molar-refractivity contribution in [3.05, 3.63) is 0 Å². The van der Waals surface area contributed by atoms with Crippen LogP contribution in [0, 0.1) is 0 Å². The van der Waals surface area contributed by atoms with Gasteiger partial charge in [0.2, 0.25) is 0 Å². The fraction of sp³-hybridized carbons (Fsp3) is 1.00. The lowest BCUT2D eigenvalue weighted by molar-refractivity contribution is 0.480. The Bertz CT molecular complexity index is 220. The maximum Gasteiger partial charge on any atom is 0.147 e. The maximum absolute atomic E-state index is 10.8. The van der Waals surface area contributed by atoms with Crippen molar-refractivity contribution in [2.75, 3.05) is 19.1 Å². The molecule has 14 heavy (non-hydrogen) atoms. The molecule has 1 atom stereocenters. The molecule has 3 nitrogen and oxygen atoms in total. The Morgan fingerprint density at radius 3 is 2.29 bits per heavy atom. The van der Waals surface area contributed by atoms with Gasteiger partial charge in [0.1, 0.15) is 9.84 Å². The van der Waals surface area contributed by atoms with Crippen molar-refractivity contribution >= 4 is 9.84 Å². The standard InChI is InChI=1S/C10H23NO2S/c1-4-10(11-2)8-6-5-7-9-14(3,12)13/h10-11H,4-9H2,1-3H3. The summed E-state index contributed by atoms with van der Waals surface area (Å²) in [5.74, 6) is 0.337. The van der Waals surface area contributed by atoms with Crippen LogP contribution in [0.5, 0.6) is 0 Å². The van der Waals surface area contributed by atoms with Gasteiger partial charge in [0.25, 0.3) is 0 Å². The predicted octanol–water partition coefficient (Wildman–Crippen LogP) is 1.59. The Morgan fingerprint density at radius 1 is 1.21 bits per heavy atom. The lowest BCUT2D eigenvalue weighted by Gasteiger charge is -2.12. The first-order chi connectivity index (χ1) is 6.49. The van der Waals surface area contributed by atoms with Gasteiger partial charge in [0.05, 0.1) is 0 Å². The molecular formula is C10H23NO2S. The monoisotopic (exact) mass is 221 g/mol. The van der Waals surface area contributed by atoms with E-state index in [1.54, 1.807) is 0 Å². The third-order valence-corrected chi connectivity index (χ3v) is 3.50. The summed E-state index contributed by atoms with van der Waals surface area (Å²) in [5, 5.41) is 3.24. The molecule has 0 radical (unpaired) electrons. The van der Waals surface area contributed by atoms with Crippen LogP contribution < -0.4 is 5.32 Å². The Labute approximate surface area is 88.2 Å².